The zero-order valence-corrected chi connectivity index (χ0v) is 12.6. The molecule has 116 valence electrons. The number of unbranched alkanes of at least 4 members (excludes halogenated alkanes) is 1. The van der Waals surface area contributed by atoms with Crippen LogP contribution in [0.25, 0.3) is 0 Å². The molecule has 4 nitrogen and oxygen atoms in total. The minimum Gasteiger partial charge on any atom is -0.399 e. The minimum absolute atomic E-state index is 0.0672. The summed E-state index contributed by atoms with van der Waals surface area (Å²) in [6.45, 7) is 5.31. The number of likely N-dealkylation sites (tertiary alicyclic amines) is 1. The Labute approximate surface area is 125 Å². The Morgan fingerprint density at radius 2 is 2.14 bits per heavy atom. The van der Waals surface area contributed by atoms with Crippen LogP contribution in [0.15, 0.2) is 18.2 Å². The molecule has 21 heavy (non-hydrogen) atoms. The van der Waals surface area contributed by atoms with Crippen LogP contribution in [0.5, 0.6) is 0 Å². The maximum Gasteiger partial charge on any atom is 0.254 e. The Bertz CT molecular complexity index is 484. The van der Waals surface area contributed by atoms with E-state index in [9.17, 15) is 9.18 Å². The van der Waals surface area contributed by atoms with Crippen LogP contribution in [0.2, 0.25) is 0 Å². The predicted molar refractivity (Wildman–Crippen MR) is 82.6 cm³/mol. The molecule has 1 saturated heterocycles. The molecule has 3 N–H and O–H groups in total. The number of benzene rings is 1. The molecule has 0 unspecified atom stereocenters. The van der Waals surface area contributed by atoms with Crippen molar-refractivity contribution < 1.29 is 9.18 Å². The summed E-state index contributed by atoms with van der Waals surface area (Å²) in [5.41, 5.74) is 5.88. The lowest BCUT2D eigenvalue weighted by molar-refractivity contribution is 0.0907. The fourth-order valence-electron chi connectivity index (χ4n) is 2.66. The van der Waals surface area contributed by atoms with Gasteiger partial charge in [0.05, 0.1) is 5.56 Å². The lowest BCUT2D eigenvalue weighted by Gasteiger charge is -2.32. The van der Waals surface area contributed by atoms with Gasteiger partial charge in [-0.3, -0.25) is 4.79 Å². The summed E-state index contributed by atoms with van der Waals surface area (Å²) in [6, 6.07) is 4.30. The maximum atomic E-state index is 13.7. The van der Waals surface area contributed by atoms with E-state index in [1.165, 1.54) is 25.0 Å². The topological polar surface area (TPSA) is 58.4 Å². The molecule has 0 saturated carbocycles. The summed E-state index contributed by atoms with van der Waals surface area (Å²) in [5, 5.41) is 2.93. The first-order chi connectivity index (χ1) is 10.1. The third-order valence-corrected chi connectivity index (χ3v) is 3.99. The molecule has 1 aromatic rings. The van der Waals surface area contributed by atoms with Crippen molar-refractivity contribution in [1.82, 2.24) is 10.2 Å². The number of nitrogens with zero attached hydrogens (tertiary/aromatic N) is 1. The molecule has 0 aliphatic carbocycles. The summed E-state index contributed by atoms with van der Waals surface area (Å²) in [5.74, 6) is -0.910. The fraction of sp³-hybridized carbons (Fsp3) is 0.562. The highest BCUT2D eigenvalue weighted by Crippen LogP contribution is 2.15. The van der Waals surface area contributed by atoms with Crippen LogP contribution >= 0.6 is 0 Å². The molecule has 0 spiro atoms. The second-order valence-corrected chi connectivity index (χ2v) is 5.68. The number of nitrogens with one attached hydrogen (secondary N) is 1. The van der Waals surface area contributed by atoms with Crippen LogP contribution in [0.3, 0.4) is 0 Å². The molecule has 1 aliphatic heterocycles. The van der Waals surface area contributed by atoms with Gasteiger partial charge >= 0.3 is 0 Å². The standard InChI is InChI=1S/C16H24FN3O/c1-2-3-8-20-9-6-13(7-10-20)19-16(21)14-5-4-12(18)11-15(14)17/h4-5,11,13H,2-3,6-10,18H2,1H3,(H,19,21). The van der Waals surface area contributed by atoms with Gasteiger partial charge in [-0.2, -0.15) is 0 Å². The van der Waals surface area contributed by atoms with Gasteiger partial charge in [0.1, 0.15) is 5.82 Å². The van der Waals surface area contributed by atoms with Gasteiger partial charge in [0.25, 0.3) is 5.91 Å². The predicted octanol–water partition coefficient (Wildman–Crippen LogP) is 2.40. The SMILES string of the molecule is CCCCN1CCC(NC(=O)c2ccc(N)cc2F)CC1. The highest BCUT2D eigenvalue weighted by molar-refractivity contribution is 5.95. The zero-order valence-electron chi connectivity index (χ0n) is 12.6. The molecular formula is C16H24FN3O. The van der Waals surface area contributed by atoms with E-state index >= 15 is 0 Å². The van der Waals surface area contributed by atoms with Crippen LogP contribution in [-0.2, 0) is 0 Å². The monoisotopic (exact) mass is 293 g/mol. The number of amides is 1. The third kappa shape index (κ3) is 4.43. The van der Waals surface area contributed by atoms with Crippen LogP contribution in [0.4, 0.5) is 10.1 Å². The van der Waals surface area contributed by atoms with Crippen LogP contribution in [0.1, 0.15) is 43.0 Å². The number of nitrogen functional groups attached to an aromatic ring is 1. The van der Waals surface area contributed by atoms with Crippen LogP contribution in [0, 0.1) is 5.82 Å². The van der Waals surface area contributed by atoms with Crippen molar-refractivity contribution in [1.29, 1.82) is 0 Å². The van der Waals surface area contributed by atoms with Crippen molar-refractivity contribution in [3.8, 4) is 0 Å². The Kier molecular flexibility index (Phi) is 5.56. The molecule has 1 amide bonds. The Morgan fingerprint density at radius 1 is 1.43 bits per heavy atom. The number of halogens is 1. The average Bonchev–Trinajstić information content (AvgIpc) is 2.46. The Morgan fingerprint density at radius 3 is 2.76 bits per heavy atom. The van der Waals surface area contributed by atoms with Gasteiger partial charge in [0.15, 0.2) is 0 Å². The largest absolute Gasteiger partial charge is 0.399 e. The van der Waals surface area contributed by atoms with Crippen molar-refractivity contribution in [2.75, 3.05) is 25.4 Å². The molecule has 1 fully saturated rings. The van der Waals surface area contributed by atoms with Crippen LogP contribution < -0.4 is 11.1 Å². The van der Waals surface area contributed by atoms with E-state index in [1.807, 2.05) is 0 Å². The molecule has 5 heteroatoms. The average molecular weight is 293 g/mol. The molecule has 2 rings (SSSR count). The smallest absolute Gasteiger partial charge is 0.254 e. The summed E-state index contributed by atoms with van der Waals surface area (Å²) in [7, 11) is 0. The van der Waals surface area contributed by atoms with E-state index < -0.39 is 5.82 Å². The number of hydrogen-bond donors (Lipinski definition) is 2. The molecule has 0 aromatic heterocycles. The van der Waals surface area contributed by atoms with E-state index in [4.69, 9.17) is 5.73 Å². The van der Waals surface area contributed by atoms with Gasteiger partial charge in [0, 0.05) is 24.8 Å². The first-order valence-electron chi connectivity index (χ1n) is 7.68. The van der Waals surface area contributed by atoms with E-state index in [2.05, 4.69) is 17.1 Å². The number of hydrogen-bond acceptors (Lipinski definition) is 3. The van der Waals surface area contributed by atoms with E-state index in [-0.39, 0.29) is 17.5 Å². The number of carbonyl (C=O) groups excluding carboxylic acids is 1. The Hall–Kier alpha value is -1.62. The van der Waals surface area contributed by atoms with E-state index in [1.54, 1.807) is 6.07 Å². The van der Waals surface area contributed by atoms with Crippen molar-refractivity contribution in [2.24, 2.45) is 0 Å². The van der Waals surface area contributed by atoms with Gasteiger partial charge < -0.3 is 16.0 Å². The first kappa shape index (κ1) is 15.8. The molecular weight excluding hydrogens is 269 g/mol. The number of piperidine rings is 1. The highest BCUT2D eigenvalue weighted by atomic mass is 19.1. The van der Waals surface area contributed by atoms with E-state index in [0.717, 1.165) is 32.5 Å². The summed E-state index contributed by atoms with van der Waals surface area (Å²) in [6.07, 6.45) is 4.26. The van der Waals surface area contributed by atoms with Gasteiger partial charge in [0.2, 0.25) is 0 Å². The van der Waals surface area contributed by atoms with Crippen molar-refractivity contribution in [2.45, 2.75) is 38.6 Å². The molecule has 0 radical (unpaired) electrons. The third-order valence-electron chi connectivity index (χ3n) is 3.99. The number of nitrogens with two attached hydrogens (primary N) is 1. The molecule has 1 aromatic carbocycles. The van der Waals surface area contributed by atoms with Crippen molar-refractivity contribution >= 4 is 11.6 Å². The highest BCUT2D eigenvalue weighted by Gasteiger charge is 2.21. The Balaban J connectivity index is 1.84. The van der Waals surface area contributed by atoms with Gasteiger partial charge in [-0.15, -0.1) is 0 Å². The second-order valence-electron chi connectivity index (χ2n) is 5.68. The van der Waals surface area contributed by atoms with Gasteiger partial charge in [-0.05, 0) is 44.0 Å². The number of rotatable bonds is 5. The normalized spacial score (nSPS) is 16.9. The number of anilines is 1. The van der Waals surface area contributed by atoms with E-state index in [0.29, 0.717) is 5.69 Å². The molecule has 0 atom stereocenters. The fourth-order valence-corrected chi connectivity index (χ4v) is 2.66. The molecule has 0 bridgehead atoms. The van der Waals surface area contributed by atoms with Gasteiger partial charge in [-0.25, -0.2) is 4.39 Å². The zero-order chi connectivity index (χ0) is 15.2. The van der Waals surface area contributed by atoms with Crippen molar-refractivity contribution in [3.63, 3.8) is 0 Å². The first-order valence-corrected chi connectivity index (χ1v) is 7.68. The summed E-state index contributed by atoms with van der Waals surface area (Å²) < 4.78 is 13.7. The lowest BCUT2D eigenvalue weighted by atomic mass is 10.0. The number of carbonyl (C=O) groups is 1. The maximum absolute atomic E-state index is 13.7. The lowest BCUT2D eigenvalue weighted by Crippen LogP contribution is -2.45. The minimum atomic E-state index is -0.562. The van der Waals surface area contributed by atoms with Crippen LogP contribution in [-0.4, -0.2) is 36.5 Å². The summed E-state index contributed by atoms with van der Waals surface area (Å²) in [4.78, 5) is 14.5. The quantitative estimate of drug-likeness (QED) is 0.820. The second kappa shape index (κ2) is 7.41. The summed E-state index contributed by atoms with van der Waals surface area (Å²) >= 11 is 0. The molecule has 1 aliphatic rings. The van der Waals surface area contributed by atoms with Crippen molar-refractivity contribution in [3.05, 3.63) is 29.6 Å². The molecule has 1 heterocycles. The van der Waals surface area contributed by atoms with Gasteiger partial charge in [-0.1, -0.05) is 13.3 Å².